The van der Waals surface area contributed by atoms with E-state index in [2.05, 4.69) is 18.0 Å². The number of rotatable bonds is 10. The number of aromatic amines is 1. The van der Waals surface area contributed by atoms with Crippen LogP contribution in [-0.2, 0) is 13.2 Å². The van der Waals surface area contributed by atoms with Crippen LogP contribution in [0.15, 0.2) is 74.8 Å². The Bertz CT molecular complexity index is 1430. The van der Waals surface area contributed by atoms with Crippen LogP contribution < -0.4 is 20.9 Å². The molecule has 0 aliphatic carbocycles. The SMILES string of the molecule is Cc1cc(OC[C@H](O)CO)ccc1-c1cccc(COc2ccc(Cn3oc(=O)[nH]c3=O)cc2)c1C. The second kappa shape index (κ2) is 11.1. The van der Waals surface area contributed by atoms with Gasteiger partial charge < -0.3 is 24.2 Å². The van der Waals surface area contributed by atoms with E-state index in [0.717, 1.165) is 38.1 Å². The van der Waals surface area contributed by atoms with Crippen LogP contribution in [0.2, 0.25) is 0 Å². The van der Waals surface area contributed by atoms with Gasteiger partial charge in [0.15, 0.2) is 0 Å². The molecule has 0 aliphatic rings. The maximum Gasteiger partial charge on any atom is 0.440 e. The van der Waals surface area contributed by atoms with E-state index in [9.17, 15) is 14.7 Å². The second-order valence-electron chi connectivity index (χ2n) is 8.49. The molecule has 0 fully saturated rings. The van der Waals surface area contributed by atoms with Gasteiger partial charge in [-0.3, -0.25) is 0 Å². The van der Waals surface area contributed by atoms with Crippen molar-refractivity contribution in [1.82, 2.24) is 9.72 Å². The summed E-state index contributed by atoms with van der Waals surface area (Å²) in [7, 11) is 0. The topological polar surface area (TPSA) is 127 Å². The van der Waals surface area contributed by atoms with E-state index in [0.29, 0.717) is 18.1 Å². The molecule has 1 atom stereocenters. The lowest BCUT2D eigenvalue weighted by Gasteiger charge is -2.16. The van der Waals surface area contributed by atoms with Gasteiger partial charge in [-0.15, -0.1) is 4.74 Å². The summed E-state index contributed by atoms with van der Waals surface area (Å²) in [5.41, 5.74) is 5.53. The molecular formula is C27H28N2O7. The van der Waals surface area contributed by atoms with Crippen molar-refractivity contribution in [2.45, 2.75) is 33.1 Å². The van der Waals surface area contributed by atoms with E-state index in [-0.39, 0.29) is 19.8 Å². The molecule has 0 unspecified atom stereocenters. The van der Waals surface area contributed by atoms with Crippen LogP contribution >= 0.6 is 0 Å². The molecule has 0 saturated carbocycles. The van der Waals surface area contributed by atoms with Crippen LogP contribution in [0.1, 0.15) is 22.3 Å². The summed E-state index contributed by atoms with van der Waals surface area (Å²) in [6.07, 6.45) is -0.911. The highest BCUT2D eigenvalue weighted by Crippen LogP contribution is 2.31. The minimum Gasteiger partial charge on any atom is -0.491 e. The molecule has 3 N–H and O–H groups in total. The Morgan fingerprint density at radius 1 is 0.972 bits per heavy atom. The molecule has 1 aromatic heterocycles. The number of aliphatic hydroxyl groups excluding tert-OH is 2. The van der Waals surface area contributed by atoms with Crippen molar-refractivity contribution >= 4 is 0 Å². The van der Waals surface area contributed by atoms with E-state index in [1.807, 2.05) is 49.4 Å². The smallest absolute Gasteiger partial charge is 0.440 e. The quantitative estimate of drug-likeness (QED) is 0.311. The molecule has 0 radical (unpaired) electrons. The Balaban J connectivity index is 1.43. The first-order valence-electron chi connectivity index (χ1n) is 11.5. The van der Waals surface area contributed by atoms with E-state index in [1.165, 1.54) is 0 Å². The molecule has 0 spiro atoms. The van der Waals surface area contributed by atoms with Crippen molar-refractivity contribution in [1.29, 1.82) is 0 Å². The first-order chi connectivity index (χ1) is 17.3. The van der Waals surface area contributed by atoms with Crippen LogP contribution in [0.4, 0.5) is 0 Å². The zero-order valence-electron chi connectivity index (χ0n) is 20.1. The first-order valence-corrected chi connectivity index (χ1v) is 11.5. The van der Waals surface area contributed by atoms with E-state index in [1.54, 1.807) is 12.1 Å². The summed E-state index contributed by atoms with van der Waals surface area (Å²) >= 11 is 0. The number of hydrogen-bond acceptors (Lipinski definition) is 7. The van der Waals surface area contributed by atoms with Crippen LogP contribution in [-0.4, -0.2) is 39.3 Å². The van der Waals surface area contributed by atoms with Gasteiger partial charge in [-0.25, -0.2) is 14.6 Å². The van der Waals surface area contributed by atoms with Crippen molar-refractivity contribution in [2.24, 2.45) is 0 Å². The minimum absolute atomic E-state index is 0.0309. The number of H-pyrrole nitrogens is 1. The maximum absolute atomic E-state index is 11.6. The largest absolute Gasteiger partial charge is 0.491 e. The monoisotopic (exact) mass is 492 g/mol. The molecular weight excluding hydrogens is 464 g/mol. The predicted octanol–water partition coefficient (Wildman–Crippen LogP) is 2.77. The molecule has 3 aromatic carbocycles. The van der Waals surface area contributed by atoms with Gasteiger partial charge in [0, 0.05) is 0 Å². The number of aromatic nitrogens is 2. The molecule has 0 saturated heterocycles. The number of nitrogens with zero attached hydrogens (tertiary/aromatic N) is 1. The van der Waals surface area contributed by atoms with E-state index >= 15 is 0 Å². The third kappa shape index (κ3) is 5.94. The van der Waals surface area contributed by atoms with Gasteiger partial charge in [0.2, 0.25) is 0 Å². The van der Waals surface area contributed by atoms with Gasteiger partial charge in [-0.05, 0) is 71.5 Å². The second-order valence-corrected chi connectivity index (χ2v) is 8.49. The first kappa shape index (κ1) is 25.0. The van der Waals surface area contributed by atoms with Crippen LogP contribution in [0, 0.1) is 13.8 Å². The van der Waals surface area contributed by atoms with Crippen molar-refractivity contribution < 1.29 is 24.2 Å². The Morgan fingerprint density at radius 3 is 2.39 bits per heavy atom. The number of hydrogen-bond donors (Lipinski definition) is 3. The number of nitrogens with one attached hydrogen (secondary N) is 1. The Labute approximate surface area is 207 Å². The fourth-order valence-corrected chi connectivity index (χ4v) is 3.84. The third-order valence-corrected chi connectivity index (χ3v) is 5.86. The maximum atomic E-state index is 11.6. The lowest BCUT2D eigenvalue weighted by molar-refractivity contribution is 0.0536. The van der Waals surface area contributed by atoms with Crippen LogP contribution in [0.3, 0.4) is 0 Å². The molecule has 0 aliphatic heterocycles. The zero-order chi connectivity index (χ0) is 25.7. The number of ether oxygens (including phenoxy) is 2. The lowest BCUT2D eigenvalue weighted by atomic mass is 9.93. The number of aliphatic hydroxyl groups is 2. The molecule has 36 heavy (non-hydrogen) atoms. The average Bonchev–Trinajstić information content (AvgIpc) is 3.19. The molecule has 1 heterocycles. The summed E-state index contributed by atoms with van der Waals surface area (Å²) in [5.74, 6) is 0.525. The predicted molar refractivity (Wildman–Crippen MR) is 133 cm³/mol. The summed E-state index contributed by atoms with van der Waals surface area (Å²) in [5, 5.41) is 18.4. The summed E-state index contributed by atoms with van der Waals surface area (Å²) in [4.78, 5) is 24.8. The average molecular weight is 493 g/mol. The standard InChI is InChI=1S/C27H28N2O7/c1-17-12-23(35-16-21(31)14-30)10-11-24(17)25-5-3-4-20(18(25)2)15-34-22-8-6-19(7-9-22)13-29-26(32)28-27(33)36-29/h3-12,21,30-31H,13-16H2,1-2H3,(H,28,32,33)/t21-/m1/s1. The number of benzene rings is 3. The molecule has 9 heteroatoms. The summed E-state index contributed by atoms with van der Waals surface area (Å²) in [6, 6.07) is 19.1. The highest BCUT2D eigenvalue weighted by molar-refractivity contribution is 5.72. The fourth-order valence-electron chi connectivity index (χ4n) is 3.84. The molecule has 0 amide bonds. The minimum atomic E-state index is -0.911. The molecule has 4 rings (SSSR count). The molecule has 9 nitrogen and oxygen atoms in total. The van der Waals surface area contributed by atoms with Gasteiger partial charge >= 0.3 is 11.4 Å². The molecule has 4 aromatic rings. The fraction of sp³-hybridized carbons (Fsp3) is 0.259. The van der Waals surface area contributed by atoms with E-state index < -0.39 is 17.5 Å². The van der Waals surface area contributed by atoms with Crippen molar-refractivity contribution in [3.05, 3.63) is 104 Å². The van der Waals surface area contributed by atoms with Crippen molar-refractivity contribution in [3.8, 4) is 22.6 Å². The highest BCUT2D eigenvalue weighted by atomic mass is 16.5. The zero-order valence-corrected chi connectivity index (χ0v) is 20.1. The van der Waals surface area contributed by atoms with Crippen LogP contribution in [0.5, 0.6) is 11.5 Å². The Hall–Kier alpha value is -4.08. The van der Waals surface area contributed by atoms with Gasteiger partial charge in [0.25, 0.3) is 0 Å². The van der Waals surface area contributed by atoms with Crippen molar-refractivity contribution in [3.63, 3.8) is 0 Å². The summed E-state index contributed by atoms with van der Waals surface area (Å²) in [6.45, 7) is 4.27. The third-order valence-electron chi connectivity index (χ3n) is 5.86. The van der Waals surface area contributed by atoms with Gasteiger partial charge in [0.1, 0.15) is 30.8 Å². The van der Waals surface area contributed by atoms with Crippen LogP contribution in [0.25, 0.3) is 11.1 Å². The molecule has 0 bridgehead atoms. The highest BCUT2D eigenvalue weighted by Gasteiger charge is 2.11. The Kier molecular flexibility index (Phi) is 7.72. The Morgan fingerprint density at radius 2 is 1.72 bits per heavy atom. The van der Waals surface area contributed by atoms with Gasteiger partial charge in [-0.1, -0.05) is 36.4 Å². The number of aryl methyl sites for hydroxylation is 1. The summed E-state index contributed by atoms with van der Waals surface area (Å²) < 4.78 is 17.3. The van der Waals surface area contributed by atoms with Crippen molar-refractivity contribution in [2.75, 3.05) is 13.2 Å². The van der Waals surface area contributed by atoms with E-state index in [4.69, 9.17) is 19.1 Å². The molecule has 188 valence electrons. The lowest BCUT2D eigenvalue weighted by Crippen LogP contribution is -2.21. The van der Waals surface area contributed by atoms with Gasteiger partial charge in [0.05, 0.1) is 13.2 Å². The normalized spacial score (nSPS) is 11.9. The van der Waals surface area contributed by atoms with Gasteiger partial charge in [-0.2, -0.15) is 0 Å².